The predicted molar refractivity (Wildman–Crippen MR) is 76.4 cm³/mol. The second kappa shape index (κ2) is 6.47. The molecule has 0 spiro atoms. The summed E-state index contributed by atoms with van der Waals surface area (Å²) in [5, 5.41) is 5.96. The van der Waals surface area contributed by atoms with Crippen LogP contribution in [0.15, 0.2) is 22.0 Å². The fourth-order valence-corrected chi connectivity index (χ4v) is 3.23. The van der Waals surface area contributed by atoms with Gasteiger partial charge in [-0.15, -0.1) is 11.3 Å². The minimum Gasteiger partial charge on any atom is -0.377 e. The summed E-state index contributed by atoms with van der Waals surface area (Å²) in [6.07, 6.45) is 2.64. The lowest BCUT2D eigenvalue weighted by molar-refractivity contribution is 0.0644. The number of aryl methyl sites for hydroxylation is 1. The molecule has 0 aliphatic carbocycles. The minimum atomic E-state index is 0.332. The quantitative estimate of drug-likeness (QED) is 0.819. The lowest BCUT2D eigenvalue weighted by atomic mass is 10.2. The predicted octanol–water partition coefficient (Wildman–Crippen LogP) is 2.62. The average molecular weight is 293 g/mol. The van der Waals surface area contributed by atoms with Crippen LogP contribution >= 0.6 is 11.3 Å². The summed E-state index contributed by atoms with van der Waals surface area (Å²) in [7, 11) is 0. The SMILES string of the molecule is Cc1noc(CN(Cc2cccs2)C[C@H]2CCCO2)n1. The number of thiophene rings is 1. The van der Waals surface area contributed by atoms with Crippen LogP contribution in [0.3, 0.4) is 0 Å². The van der Waals surface area contributed by atoms with Gasteiger partial charge in [-0.25, -0.2) is 0 Å². The van der Waals surface area contributed by atoms with Crippen LogP contribution in [0.5, 0.6) is 0 Å². The molecule has 0 bridgehead atoms. The zero-order chi connectivity index (χ0) is 13.8. The van der Waals surface area contributed by atoms with Crippen molar-refractivity contribution in [3.8, 4) is 0 Å². The first-order valence-electron chi connectivity index (χ1n) is 6.95. The first-order chi connectivity index (χ1) is 9.79. The Morgan fingerprint density at radius 3 is 3.05 bits per heavy atom. The maximum atomic E-state index is 5.74. The van der Waals surface area contributed by atoms with E-state index in [9.17, 15) is 0 Å². The zero-order valence-corrected chi connectivity index (χ0v) is 12.4. The van der Waals surface area contributed by atoms with Gasteiger partial charge in [0.2, 0.25) is 5.89 Å². The molecule has 2 aromatic rings. The summed E-state index contributed by atoms with van der Waals surface area (Å²) in [4.78, 5) is 7.97. The van der Waals surface area contributed by atoms with E-state index in [0.29, 0.717) is 24.4 Å². The normalized spacial score (nSPS) is 19.0. The van der Waals surface area contributed by atoms with Gasteiger partial charge in [-0.2, -0.15) is 4.98 Å². The molecule has 108 valence electrons. The Balaban J connectivity index is 1.65. The summed E-state index contributed by atoms with van der Waals surface area (Å²) in [5.74, 6) is 1.37. The van der Waals surface area contributed by atoms with Gasteiger partial charge in [0.05, 0.1) is 12.6 Å². The Hall–Kier alpha value is -1.24. The van der Waals surface area contributed by atoms with Crippen molar-refractivity contribution in [3.05, 3.63) is 34.1 Å². The fraction of sp³-hybridized carbons (Fsp3) is 0.571. The first kappa shape index (κ1) is 13.7. The van der Waals surface area contributed by atoms with Gasteiger partial charge < -0.3 is 9.26 Å². The molecule has 1 aliphatic heterocycles. The van der Waals surface area contributed by atoms with Crippen LogP contribution in [-0.2, 0) is 17.8 Å². The van der Waals surface area contributed by atoms with E-state index in [0.717, 1.165) is 32.5 Å². The Morgan fingerprint density at radius 1 is 1.45 bits per heavy atom. The Kier molecular flexibility index (Phi) is 4.44. The maximum absolute atomic E-state index is 5.74. The van der Waals surface area contributed by atoms with E-state index in [2.05, 4.69) is 32.6 Å². The number of rotatable bonds is 6. The second-order valence-corrected chi connectivity index (χ2v) is 6.15. The van der Waals surface area contributed by atoms with Gasteiger partial charge in [-0.05, 0) is 31.2 Å². The topological polar surface area (TPSA) is 51.4 Å². The van der Waals surface area contributed by atoms with Crippen LogP contribution in [0, 0.1) is 6.92 Å². The van der Waals surface area contributed by atoms with Crippen LogP contribution in [0.1, 0.15) is 29.4 Å². The number of aromatic nitrogens is 2. The molecule has 0 saturated carbocycles. The maximum Gasteiger partial charge on any atom is 0.240 e. The van der Waals surface area contributed by atoms with Crippen molar-refractivity contribution in [1.29, 1.82) is 0 Å². The van der Waals surface area contributed by atoms with Gasteiger partial charge in [-0.3, -0.25) is 4.90 Å². The molecule has 1 aliphatic rings. The standard InChI is InChI=1S/C14H19N3O2S/c1-11-15-14(19-16-11)10-17(8-12-4-2-6-18-12)9-13-5-3-7-20-13/h3,5,7,12H,2,4,6,8-10H2,1H3/t12-/m1/s1. The molecule has 20 heavy (non-hydrogen) atoms. The van der Waals surface area contributed by atoms with E-state index in [1.165, 1.54) is 4.88 Å². The molecule has 0 radical (unpaired) electrons. The van der Waals surface area contributed by atoms with Crippen molar-refractivity contribution < 1.29 is 9.26 Å². The van der Waals surface area contributed by atoms with Crippen molar-refractivity contribution in [2.75, 3.05) is 13.2 Å². The summed E-state index contributed by atoms with van der Waals surface area (Å²) in [5.41, 5.74) is 0. The van der Waals surface area contributed by atoms with E-state index in [1.54, 1.807) is 11.3 Å². The van der Waals surface area contributed by atoms with Crippen LogP contribution < -0.4 is 0 Å². The monoisotopic (exact) mass is 293 g/mol. The molecule has 1 saturated heterocycles. The van der Waals surface area contributed by atoms with Crippen molar-refractivity contribution >= 4 is 11.3 Å². The zero-order valence-electron chi connectivity index (χ0n) is 11.6. The Morgan fingerprint density at radius 2 is 2.40 bits per heavy atom. The van der Waals surface area contributed by atoms with E-state index < -0.39 is 0 Å². The smallest absolute Gasteiger partial charge is 0.240 e. The summed E-state index contributed by atoms with van der Waals surface area (Å²) < 4.78 is 11.0. The van der Waals surface area contributed by atoms with Crippen molar-refractivity contribution in [3.63, 3.8) is 0 Å². The third-order valence-electron chi connectivity index (χ3n) is 3.37. The van der Waals surface area contributed by atoms with Crippen LogP contribution in [0.25, 0.3) is 0 Å². The van der Waals surface area contributed by atoms with Crippen LogP contribution in [0.4, 0.5) is 0 Å². The third kappa shape index (κ3) is 3.65. The molecule has 1 atom stereocenters. The molecule has 1 fully saturated rings. The van der Waals surface area contributed by atoms with Gasteiger partial charge in [0, 0.05) is 24.6 Å². The van der Waals surface area contributed by atoms with Crippen molar-refractivity contribution in [1.82, 2.24) is 15.0 Å². The fourth-order valence-electron chi connectivity index (χ4n) is 2.48. The van der Waals surface area contributed by atoms with Gasteiger partial charge in [-0.1, -0.05) is 11.2 Å². The molecule has 0 amide bonds. The average Bonchev–Trinajstić information content (AvgIpc) is 3.13. The van der Waals surface area contributed by atoms with E-state index in [-0.39, 0.29) is 0 Å². The summed E-state index contributed by atoms with van der Waals surface area (Å²) in [6.45, 7) is 5.23. The van der Waals surface area contributed by atoms with E-state index >= 15 is 0 Å². The van der Waals surface area contributed by atoms with Crippen molar-refractivity contribution in [2.45, 2.75) is 39.0 Å². The molecule has 0 N–H and O–H groups in total. The Bertz CT molecular complexity index is 520. The molecule has 2 aromatic heterocycles. The van der Waals surface area contributed by atoms with Crippen LogP contribution in [0.2, 0.25) is 0 Å². The highest BCUT2D eigenvalue weighted by molar-refractivity contribution is 7.09. The summed E-state index contributed by atoms with van der Waals surface area (Å²) >= 11 is 1.78. The number of hydrogen-bond acceptors (Lipinski definition) is 6. The number of ether oxygens (including phenoxy) is 1. The largest absolute Gasteiger partial charge is 0.377 e. The highest BCUT2D eigenvalue weighted by Crippen LogP contribution is 2.18. The van der Waals surface area contributed by atoms with Gasteiger partial charge in [0.1, 0.15) is 0 Å². The molecule has 3 rings (SSSR count). The van der Waals surface area contributed by atoms with Gasteiger partial charge in [0.15, 0.2) is 5.82 Å². The minimum absolute atomic E-state index is 0.332. The highest BCUT2D eigenvalue weighted by Gasteiger charge is 2.21. The molecule has 3 heterocycles. The first-order valence-corrected chi connectivity index (χ1v) is 7.83. The van der Waals surface area contributed by atoms with E-state index in [4.69, 9.17) is 9.26 Å². The van der Waals surface area contributed by atoms with Gasteiger partial charge >= 0.3 is 0 Å². The second-order valence-electron chi connectivity index (χ2n) is 5.12. The molecular formula is C14H19N3O2S. The van der Waals surface area contributed by atoms with Crippen molar-refractivity contribution in [2.24, 2.45) is 0 Å². The van der Waals surface area contributed by atoms with E-state index in [1.807, 2.05) is 6.92 Å². The highest BCUT2D eigenvalue weighted by atomic mass is 32.1. The van der Waals surface area contributed by atoms with Crippen LogP contribution in [-0.4, -0.2) is 34.3 Å². The molecule has 0 aromatic carbocycles. The molecule has 5 nitrogen and oxygen atoms in total. The van der Waals surface area contributed by atoms with Gasteiger partial charge in [0.25, 0.3) is 0 Å². The summed E-state index contributed by atoms with van der Waals surface area (Å²) in [6, 6.07) is 4.24. The number of nitrogens with zero attached hydrogens (tertiary/aromatic N) is 3. The molecule has 0 unspecified atom stereocenters. The third-order valence-corrected chi connectivity index (χ3v) is 4.24. The number of hydrogen-bond donors (Lipinski definition) is 0. The molecule has 6 heteroatoms. The lowest BCUT2D eigenvalue weighted by Crippen LogP contribution is -2.31. The molecular weight excluding hydrogens is 274 g/mol. The Labute approximate surface area is 122 Å². The lowest BCUT2D eigenvalue weighted by Gasteiger charge is -2.23.